The second-order valence-corrected chi connectivity index (χ2v) is 2.14. The number of imidazole rings is 1. The van der Waals surface area contributed by atoms with Crippen molar-refractivity contribution in [3.8, 4) is 0 Å². The van der Waals surface area contributed by atoms with E-state index in [1.807, 2.05) is 0 Å². The molecule has 0 saturated heterocycles. The Balaban J connectivity index is 0.00000121. The normalized spacial score (nSPS) is 11.8. The van der Waals surface area contributed by atoms with Gasteiger partial charge in [-0.1, -0.05) is 0 Å². The van der Waals surface area contributed by atoms with Crippen molar-refractivity contribution in [2.45, 2.75) is 12.5 Å². The number of carbonyl (C=O) groups is 1. The fourth-order valence-corrected chi connectivity index (χ4v) is 0.692. The van der Waals surface area contributed by atoms with Gasteiger partial charge in [0.1, 0.15) is 0 Å². The Kier molecular flexibility index (Phi) is 4.31. The van der Waals surface area contributed by atoms with Gasteiger partial charge in [-0.25, -0.2) is 9.78 Å². The molecule has 1 aromatic rings. The van der Waals surface area contributed by atoms with Crippen molar-refractivity contribution in [2.24, 2.45) is 0 Å². The Labute approximate surface area is 74.9 Å². The highest BCUT2D eigenvalue weighted by molar-refractivity contribution is 5.85. The van der Waals surface area contributed by atoms with Gasteiger partial charge in [0.05, 0.1) is 6.33 Å². The molecule has 68 valence electrons. The molecule has 1 heterocycles. The molecule has 0 aliphatic carbocycles. The number of H-pyrrole nitrogens is 1. The van der Waals surface area contributed by atoms with Crippen LogP contribution in [0.3, 0.4) is 0 Å². The zero-order valence-electron chi connectivity index (χ0n) is 6.10. The minimum absolute atomic E-state index is 0. The molecular formula is C6H9ClN2O3. The van der Waals surface area contributed by atoms with Crippen molar-refractivity contribution in [3.63, 3.8) is 0 Å². The van der Waals surface area contributed by atoms with E-state index >= 15 is 0 Å². The number of halogens is 1. The first kappa shape index (κ1) is 10.9. The number of hydrogen-bond acceptors (Lipinski definition) is 3. The highest BCUT2D eigenvalue weighted by atomic mass is 35.5. The number of aliphatic hydroxyl groups is 1. The lowest BCUT2D eigenvalue weighted by Crippen LogP contribution is -2.22. The van der Waals surface area contributed by atoms with Crippen LogP contribution in [0.25, 0.3) is 0 Å². The molecule has 0 amide bonds. The minimum Gasteiger partial charge on any atom is -0.479 e. The van der Waals surface area contributed by atoms with Gasteiger partial charge in [0.15, 0.2) is 6.10 Å². The number of aromatic nitrogens is 2. The highest BCUT2D eigenvalue weighted by Gasteiger charge is 2.13. The molecule has 0 saturated carbocycles. The molecule has 0 aliphatic heterocycles. The largest absolute Gasteiger partial charge is 0.479 e. The van der Waals surface area contributed by atoms with Gasteiger partial charge in [-0.3, -0.25) is 0 Å². The quantitative estimate of drug-likeness (QED) is 0.620. The summed E-state index contributed by atoms with van der Waals surface area (Å²) in [7, 11) is 0. The first-order valence-corrected chi connectivity index (χ1v) is 3.08. The minimum atomic E-state index is -1.35. The second-order valence-electron chi connectivity index (χ2n) is 2.14. The van der Waals surface area contributed by atoms with E-state index in [1.54, 1.807) is 0 Å². The van der Waals surface area contributed by atoms with Crippen molar-refractivity contribution in [1.82, 2.24) is 9.97 Å². The Morgan fingerprint density at radius 2 is 2.42 bits per heavy atom. The van der Waals surface area contributed by atoms with E-state index in [0.29, 0.717) is 5.69 Å². The maximum Gasteiger partial charge on any atom is 0.332 e. The number of aromatic amines is 1. The van der Waals surface area contributed by atoms with Crippen molar-refractivity contribution in [3.05, 3.63) is 18.2 Å². The lowest BCUT2D eigenvalue weighted by atomic mass is 10.2. The standard InChI is InChI=1S/C6H8N2O3.ClH/c9-5(6(10)11)1-4-2-7-3-8-4;/h2-3,5,9H,1H2,(H,7,8)(H,10,11);1H. The molecule has 0 spiro atoms. The number of aliphatic hydroxyl groups excluding tert-OH is 1. The van der Waals surface area contributed by atoms with Crippen LogP contribution >= 0.6 is 12.4 Å². The first-order chi connectivity index (χ1) is 5.20. The molecule has 0 radical (unpaired) electrons. The van der Waals surface area contributed by atoms with Crippen molar-refractivity contribution >= 4 is 18.4 Å². The van der Waals surface area contributed by atoms with Gasteiger partial charge in [0, 0.05) is 18.3 Å². The Bertz CT molecular complexity index is 237. The van der Waals surface area contributed by atoms with Crippen LogP contribution in [0.15, 0.2) is 12.5 Å². The molecule has 1 atom stereocenters. The lowest BCUT2D eigenvalue weighted by Gasteiger charge is -2.00. The van der Waals surface area contributed by atoms with E-state index < -0.39 is 12.1 Å². The molecule has 0 aromatic carbocycles. The molecule has 0 fully saturated rings. The summed E-state index contributed by atoms with van der Waals surface area (Å²) in [5.41, 5.74) is 0.611. The highest BCUT2D eigenvalue weighted by Crippen LogP contribution is 1.97. The van der Waals surface area contributed by atoms with Crippen molar-refractivity contribution in [1.29, 1.82) is 0 Å². The van der Waals surface area contributed by atoms with Crippen molar-refractivity contribution < 1.29 is 15.0 Å². The van der Waals surface area contributed by atoms with Gasteiger partial charge in [0.2, 0.25) is 0 Å². The summed E-state index contributed by atoms with van der Waals surface area (Å²) in [6.07, 6.45) is 1.63. The van der Waals surface area contributed by atoms with Crippen LogP contribution in [-0.4, -0.2) is 32.3 Å². The second kappa shape index (κ2) is 4.74. The monoisotopic (exact) mass is 192 g/mol. The number of nitrogens with zero attached hydrogens (tertiary/aromatic N) is 1. The van der Waals surface area contributed by atoms with Crippen LogP contribution in [-0.2, 0) is 11.2 Å². The Morgan fingerprint density at radius 3 is 2.83 bits per heavy atom. The van der Waals surface area contributed by atoms with Crippen LogP contribution < -0.4 is 0 Å². The topological polar surface area (TPSA) is 86.2 Å². The van der Waals surface area contributed by atoms with E-state index in [-0.39, 0.29) is 18.8 Å². The van der Waals surface area contributed by atoms with Crippen LogP contribution in [0.2, 0.25) is 0 Å². The van der Waals surface area contributed by atoms with Gasteiger partial charge < -0.3 is 15.2 Å². The summed E-state index contributed by atoms with van der Waals surface area (Å²) in [6.45, 7) is 0. The smallest absolute Gasteiger partial charge is 0.332 e. The number of rotatable bonds is 3. The van der Waals surface area contributed by atoms with Crippen LogP contribution in [0.1, 0.15) is 5.69 Å². The predicted molar refractivity (Wildman–Crippen MR) is 43.2 cm³/mol. The third kappa shape index (κ3) is 2.89. The van der Waals surface area contributed by atoms with E-state index in [4.69, 9.17) is 10.2 Å². The lowest BCUT2D eigenvalue weighted by molar-refractivity contribution is -0.146. The van der Waals surface area contributed by atoms with Crippen LogP contribution in [0.5, 0.6) is 0 Å². The molecule has 3 N–H and O–H groups in total. The number of nitrogens with one attached hydrogen (secondary N) is 1. The van der Waals surface area contributed by atoms with Crippen LogP contribution in [0.4, 0.5) is 0 Å². The van der Waals surface area contributed by atoms with Gasteiger partial charge in [0.25, 0.3) is 0 Å². The fraction of sp³-hybridized carbons (Fsp3) is 0.333. The molecule has 0 bridgehead atoms. The van der Waals surface area contributed by atoms with Gasteiger partial charge >= 0.3 is 5.97 Å². The van der Waals surface area contributed by atoms with Gasteiger partial charge in [-0.15, -0.1) is 12.4 Å². The van der Waals surface area contributed by atoms with Gasteiger partial charge in [-0.2, -0.15) is 0 Å². The maximum atomic E-state index is 10.1. The fourth-order valence-electron chi connectivity index (χ4n) is 0.692. The molecule has 12 heavy (non-hydrogen) atoms. The first-order valence-electron chi connectivity index (χ1n) is 3.08. The SMILES string of the molecule is Cl.O=C(O)C(O)Cc1cnc[nH]1. The molecular weight excluding hydrogens is 184 g/mol. The summed E-state index contributed by atoms with van der Waals surface area (Å²) >= 11 is 0. The molecule has 6 heteroatoms. The molecule has 0 aliphatic rings. The van der Waals surface area contributed by atoms with Gasteiger partial charge in [-0.05, 0) is 0 Å². The van der Waals surface area contributed by atoms with E-state index in [1.165, 1.54) is 12.5 Å². The zero-order valence-corrected chi connectivity index (χ0v) is 6.91. The summed E-state index contributed by atoms with van der Waals surface area (Å²) in [5, 5.41) is 17.1. The summed E-state index contributed by atoms with van der Waals surface area (Å²) in [6, 6.07) is 0. The maximum absolute atomic E-state index is 10.1. The number of aliphatic carboxylic acids is 1. The average molecular weight is 193 g/mol. The third-order valence-electron chi connectivity index (χ3n) is 1.25. The number of hydrogen-bond donors (Lipinski definition) is 3. The zero-order chi connectivity index (χ0) is 8.27. The van der Waals surface area contributed by atoms with Crippen LogP contribution in [0, 0.1) is 0 Å². The summed E-state index contributed by atoms with van der Waals surface area (Å²) < 4.78 is 0. The Morgan fingerprint density at radius 1 is 1.75 bits per heavy atom. The molecule has 1 aromatic heterocycles. The average Bonchev–Trinajstić information content (AvgIpc) is 2.39. The number of carboxylic acids is 1. The Hall–Kier alpha value is -1.07. The van der Waals surface area contributed by atoms with E-state index in [2.05, 4.69) is 9.97 Å². The number of carboxylic acid groups (broad SMARTS) is 1. The molecule has 1 rings (SSSR count). The summed E-state index contributed by atoms with van der Waals surface area (Å²) in [4.78, 5) is 16.5. The molecule has 1 unspecified atom stereocenters. The third-order valence-corrected chi connectivity index (χ3v) is 1.25. The predicted octanol–water partition coefficient (Wildman–Crippen LogP) is -0.181. The van der Waals surface area contributed by atoms with E-state index in [9.17, 15) is 4.79 Å². The van der Waals surface area contributed by atoms with Crippen molar-refractivity contribution in [2.75, 3.05) is 0 Å². The molecule has 5 nitrogen and oxygen atoms in total. The van der Waals surface area contributed by atoms with E-state index in [0.717, 1.165) is 0 Å². The summed E-state index contributed by atoms with van der Waals surface area (Å²) in [5.74, 6) is -1.22.